The SMILES string of the molecule is C=Nc1sc(C)cc1CNCCCc1ccc(-c2cccn2C)cc1. The molecule has 0 saturated carbocycles. The van der Waals surface area contributed by atoms with Gasteiger partial charge in [0.2, 0.25) is 0 Å². The van der Waals surface area contributed by atoms with E-state index in [2.05, 4.69) is 84.2 Å². The monoisotopic (exact) mass is 351 g/mol. The summed E-state index contributed by atoms with van der Waals surface area (Å²) >= 11 is 1.71. The van der Waals surface area contributed by atoms with Gasteiger partial charge in [0.25, 0.3) is 0 Å². The number of aryl methyl sites for hydroxylation is 3. The van der Waals surface area contributed by atoms with Crippen molar-refractivity contribution in [3.8, 4) is 11.3 Å². The third kappa shape index (κ3) is 4.47. The van der Waals surface area contributed by atoms with Gasteiger partial charge in [-0.25, -0.2) is 0 Å². The molecule has 0 aliphatic carbocycles. The first-order chi connectivity index (χ1) is 12.2. The number of thiophene rings is 1. The fourth-order valence-electron chi connectivity index (χ4n) is 3.06. The maximum absolute atomic E-state index is 4.10. The Morgan fingerprint density at radius 3 is 2.68 bits per heavy atom. The maximum atomic E-state index is 4.10. The minimum Gasteiger partial charge on any atom is -0.351 e. The molecule has 0 unspecified atom stereocenters. The zero-order valence-electron chi connectivity index (χ0n) is 15.0. The zero-order chi connectivity index (χ0) is 17.6. The predicted octanol–water partition coefficient (Wildman–Crippen LogP) is 5.12. The molecule has 0 aliphatic rings. The van der Waals surface area contributed by atoms with Gasteiger partial charge in [0.05, 0.1) is 0 Å². The lowest BCUT2D eigenvalue weighted by Gasteiger charge is -2.07. The Kier molecular flexibility index (Phi) is 5.84. The van der Waals surface area contributed by atoms with Crippen molar-refractivity contribution in [2.75, 3.05) is 6.54 Å². The van der Waals surface area contributed by atoms with E-state index in [4.69, 9.17) is 0 Å². The van der Waals surface area contributed by atoms with Crippen LogP contribution in [0.3, 0.4) is 0 Å². The van der Waals surface area contributed by atoms with E-state index in [-0.39, 0.29) is 0 Å². The van der Waals surface area contributed by atoms with Crippen molar-refractivity contribution in [2.45, 2.75) is 26.3 Å². The summed E-state index contributed by atoms with van der Waals surface area (Å²) < 4.78 is 2.15. The van der Waals surface area contributed by atoms with Gasteiger partial charge in [-0.1, -0.05) is 24.3 Å². The summed E-state index contributed by atoms with van der Waals surface area (Å²) in [4.78, 5) is 5.39. The summed E-state index contributed by atoms with van der Waals surface area (Å²) in [5.74, 6) is 0. The molecule has 0 saturated heterocycles. The van der Waals surface area contributed by atoms with Gasteiger partial charge in [-0.15, -0.1) is 11.3 Å². The normalized spacial score (nSPS) is 11.0. The van der Waals surface area contributed by atoms with Crippen LogP contribution < -0.4 is 5.32 Å². The third-order valence-electron chi connectivity index (χ3n) is 4.38. The number of nitrogens with zero attached hydrogens (tertiary/aromatic N) is 2. The minimum atomic E-state index is 0.866. The molecule has 3 rings (SSSR count). The molecule has 0 fully saturated rings. The molecular formula is C21H25N3S. The van der Waals surface area contributed by atoms with Gasteiger partial charge >= 0.3 is 0 Å². The third-order valence-corrected chi connectivity index (χ3v) is 5.41. The molecule has 4 heteroatoms. The lowest BCUT2D eigenvalue weighted by molar-refractivity contribution is 0.651. The van der Waals surface area contributed by atoms with E-state index < -0.39 is 0 Å². The molecule has 130 valence electrons. The van der Waals surface area contributed by atoms with Crippen LogP contribution in [0.5, 0.6) is 0 Å². The second kappa shape index (κ2) is 8.28. The van der Waals surface area contributed by atoms with Crippen molar-refractivity contribution in [3.05, 3.63) is 64.7 Å². The summed E-state index contributed by atoms with van der Waals surface area (Å²) in [6.45, 7) is 7.64. The molecule has 1 aromatic carbocycles. The van der Waals surface area contributed by atoms with Gasteiger partial charge in [0.1, 0.15) is 5.00 Å². The Labute approximate surface area is 154 Å². The van der Waals surface area contributed by atoms with E-state index in [1.54, 1.807) is 11.3 Å². The van der Waals surface area contributed by atoms with E-state index in [9.17, 15) is 0 Å². The number of aliphatic imine (C=N–C) groups is 1. The van der Waals surface area contributed by atoms with E-state index in [1.807, 2.05) is 0 Å². The quantitative estimate of drug-likeness (QED) is 0.443. The molecule has 0 aliphatic heterocycles. The van der Waals surface area contributed by atoms with Gasteiger partial charge in [0.15, 0.2) is 0 Å². The highest BCUT2D eigenvalue weighted by molar-refractivity contribution is 7.15. The summed E-state index contributed by atoms with van der Waals surface area (Å²) in [5.41, 5.74) is 5.17. The Bertz CT molecular complexity index is 827. The number of hydrogen-bond acceptors (Lipinski definition) is 3. The van der Waals surface area contributed by atoms with Crippen molar-refractivity contribution in [2.24, 2.45) is 12.0 Å². The van der Waals surface area contributed by atoms with Gasteiger partial charge in [0, 0.05) is 35.9 Å². The molecule has 25 heavy (non-hydrogen) atoms. The molecule has 2 heterocycles. The summed E-state index contributed by atoms with van der Waals surface area (Å²) in [7, 11) is 2.08. The molecule has 0 atom stereocenters. The minimum absolute atomic E-state index is 0.866. The standard InChI is InChI=1S/C21H25N3S/c1-16-14-19(21(22-2)25-16)15-23-12-4-6-17-8-10-18(11-9-17)20-7-5-13-24(20)3/h5,7-11,13-14,23H,2,4,6,12,15H2,1,3H3. The van der Waals surface area contributed by atoms with Crippen molar-refractivity contribution in [1.29, 1.82) is 0 Å². The Balaban J connectivity index is 1.45. The van der Waals surface area contributed by atoms with Crippen LogP contribution in [0.1, 0.15) is 22.4 Å². The number of rotatable bonds is 8. The van der Waals surface area contributed by atoms with E-state index >= 15 is 0 Å². The van der Waals surface area contributed by atoms with Gasteiger partial charge < -0.3 is 9.88 Å². The maximum Gasteiger partial charge on any atom is 0.119 e. The van der Waals surface area contributed by atoms with E-state index in [0.717, 1.165) is 30.9 Å². The Hall–Kier alpha value is -2.17. The van der Waals surface area contributed by atoms with Crippen molar-refractivity contribution < 1.29 is 0 Å². The predicted molar refractivity (Wildman–Crippen MR) is 109 cm³/mol. The van der Waals surface area contributed by atoms with Crippen molar-refractivity contribution in [1.82, 2.24) is 9.88 Å². The zero-order valence-corrected chi connectivity index (χ0v) is 15.8. The molecule has 0 amide bonds. The lowest BCUT2D eigenvalue weighted by Crippen LogP contribution is -2.15. The van der Waals surface area contributed by atoms with Gasteiger partial charge in [-0.05, 0) is 62.4 Å². The molecule has 0 bridgehead atoms. The first kappa shape index (κ1) is 17.6. The molecule has 1 N–H and O–H groups in total. The molecule has 0 radical (unpaired) electrons. The smallest absolute Gasteiger partial charge is 0.119 e. The molecular weight excluding hydrogens is 326 g/mol. The van der Waals surface area contributed by atoms with Gasteiger partial charge in [-0.3, -0.25) is 4.99 Å². The van der Waals surface area contributed by atoms with Crippen LogP contribution in [0.2, 0.25) is 0 Å². The van der Waals surface area contributed by atoms with Crippen LogP contribution in [0, 0.1) is 6.92 Å². The van der Waals surface area contributed by atoms with Crippen LogP contribution >= 0.6 is 11.3 Å². The highest BCUT2D eigenvalue weighted by Crippen LogP contribution is 2.29. The average molecular weight is 352 g/mol. The van der Waals surface area contributed by atoms with Crippen molar-refractivity contribution >= 4 is 23.1 Å². The van der Waals surface area contributed by atoms with Crippen LogP contribution in [0.25, 0.3) is 11.3 Å². The topological polar surface area (TPSA) is 29.3 Å². The Morgan fingerprint density at radius 1 is 1.20 bits per heavy atom. The highest BCUT2D eigenvalue weighted by atomic mass is 32.1. The highest BCUT2D eigenvalue weighted by Gasteiger charge is 2.05. The lowest BCUT2D eigenvalue weighted by atomic mass is 10.1. The number of benzene rings is 1. The van der Waals surface area contributed by atoms with Crippen LogP contribution in [0.4, 0.5) is 5.00 Å². The van der Waals surface area contributed by atoms with E-state index in [1.165, 1.54) is 27.3 Å². The fourth-order valence-corrected chi connectivity index (χ4v) is 3.89. The average Bonchev–Trinajstić information content (AvgIpc) is 3.20. The number of aromatic nitrogens is 1. The molecule has 3 nitrogen and oxygen atoms in total. The summed E-state index contributed by atoms with van der Waals surface area (Å²) in [5, 5.41) is 4.56. The Morgan fingerprint density at radius 2 is 2.00 bits per heavy atom. The number of hydrogen-bond donors (Lipinski definition) is 1. The summed E-state index contributed by atoms with van der Waals surface area (Å²) in [6, 6.07) is 15.3. The number of nitrogens with one attached hydrogen (secondary N) is 1. The van der Waals surface area contributed by atoms with Crippen molar-refractivity contribution in [3.63, 3.8) is 0 Å². The van der Waals surface area contributed by atoms with Crippen LogP contribution in [-0.4, -0.2) is 17.8 Å². The fraction of sp³-hybridized carbons (Fsp3) is 0.286. The van der Waals surface area contributed by atoms with E-state index in [0.29, 0.717) is 0 Å². The largest absolute Gasteiger partial charge is 0.351 e. The summed E-state index contributed by atoms with van der Waals surface area (Å²) in [6.07, 6.45) is 4.30. The second-order valence-corrected chi connectivity index (χ2v) is 7.56. The first-order valence-electron chi connectivity index (χ1n) is 8.65. The molecule has 2 aromatic heterocycles. The van der Waals surface area contributed by atoms with Crippen LogP contribution in [0.15, 0.2) is 53.7 Å². The van der Waals surface area contributed by atoms with Gasteiger partial charge in [-0.2, -0.15) is 0 Å². The molecule has 0 spiro atoms. The molecule has 3 aromatic rings. The van der Waals surface area contributed by atoms with Crippen LogP contribution in [-0.2, 0) is 20.0 Å². The first-order valence-corrected chi connectivity index (χ1v) is 9.46. The second-order valence-electron chi connectivity index (χ2n) is 6.33.